The smallest absolute Gasteiger partial charge is 0.0518 e. The number of hydrogen-bond acceptors (Lipinski definition) is 3. The van der Waals surface area contributed by atoms with Crippen molar-refractivity contribution in [2.45, 2.75) is 19.0 Å². The number of hydrogen-bond donors (Lipinski definition) is 2. The van der Waals surface area contributed by atoms with Crippen molar-refractivity contribution < 1.29 is 5.11 Å². The van der Waals surface area contributed by atoms with Gasteiger partial charge in [0, 0.05) is 32.4 Å². The van der Waals surface area contributed by atoms with Crippen molar-refractivity contribution in [1.82, 2.24) is 15.1 Å². The molecular weight excluding hydrogens is 226 g/mol. The summed E-state index contributed by atoms with van der Waals surface area (Å²) in [6, 6.07) is 12.4. The molecule has 4 heteroatoms. The van der Waals surface area contributed by atoms with Crippen LogP contribution < -0.4 is 5.32 Å². The third-order valence-electron chi connectivity index (χ3n) is 3.07. The number of nitrogens with zero attached hydrogens (tertiary/aromatic N) is 2. The zero-order valence-electron chi connectivity index (χ0n) is 10.6. The van der Waals surface area contributed by atoms with E-state index in [1.165, 1.54) is 5.56 Å². The predicted molar refractivity (Wildman–Crippen MR) is 70.9 cm³/mol. The Kier molecular flexibility index (Phi) is 4.50. The van der Waals surface area contributed by atoms with Gasteiger partial charge in [-0.25, -0.2) is 0 Å². The van der Waals surface area contributed by atoms with Gasteiger partial charge in [-0.05, 0) is 18.1 Å². The summed E-state index contributed by atoms with van der Waals surface area (Å²) in [4.78, 5) is 0. The van der Waals surface area contributed by atoms with E-state index in [2.05, 4.69) is 22.5 Å². The van der Waals surface area contributed by atoms with E-state index in [4.69, 9.17) is 5.11 Å². The third kappa shape index (κ3) is 3.18. The Morgan fingerprint density at radius 1 is 1.28 bits per heavy atom. The average molecular weight is 245 g/mol. The molecule has 0 fully saturated rings. The van der Waals surface area contributed by atoms with Gasteiger partial charge in [0.15, 0.2) is 0 Å². The summed E-state index contributed by atoms with van der Waals surface area (Å²) in [7, 11) is 1.93. The van der Waals surface area contributed by atoms with Crippen LogP contribution in [0.1, 0.15) is 23.7 Å². The van der Waals surface area contributed by atoms with Crippen LogP contribution >= 0.6 is 0 Å². The molecule has 2 aromatic rings. The molecule has 1 heterocycles. The van der Waals surface area contributed by atoms with E-state index in [0.717, 1.165) is 12.2 Å². The molecule has 0 spiro atoms. The molecule has 2 N–H and O–H groups in total. The van der Waals surface area contributed by atoms with Gasteiger partial charge < -0.3 is 10.4 Å². The van der Waals surface area contributed by atoms with Crippen LogP contribution in [0.25, 0.3) is 0 Å². The topological polar surface area (TPSA) is 50.1 Å². The molecule has 0 aliphatic rings. The maximum atomic E-state index is 9.15. The maximum absolute atomic E-state index is 9.15. The minimum absolute atomic E-state index is 0.172. The zero-order valence-corrected chi connectivity index (χ0v) is 10.6. The van der Waals surface area contributed by atoms with Crippen molar-refractivity contribution in [2.75, 3.05) is 6.61 Å². The second kappa shape index (κ2) is 6.33. The summed E-state index contributed by atoms with van der Waals surface area (Å²) in [6.07, 6.45) is 2.50. The predicted octanol–water partition coefficient (Wildman–Crippen LogP) is 1.63. The minimum Gasteiger partial charge on any atom is -0.396 e. The summed E-state index contributed by atoms with van der Waals surface area (Å²) < 4.78 is 1.86. The van der Waals surface area contributed by atoms with E-state index in [-0.39, 0.29) is 12.6 Å². The fourth-order valence-electron chi connectivity index (χ4n) is 2.00. The van der Waals surface area contributed by atoms with Crippen LogP contribution in [0.3, 0.4) is 0 Å². The van der Waals surface area contributed by atoms with Gasteiger partial charge >= 0.3 is 0 Å². The first-order chi connectivity index (χ1) is 8.81. The highest BCUT2D eigenvalue weighted by molar-refractivity contribution is 5.19. The lowest BCUT2D eigenvalue weighted by Gasteiger charge is -2.18. The Labute approximate surface area is 107 Å². The maximum Gasteiger partial charge on any atom is 0.0518 e. The lowest BCUT2D eigenvalue weighted by Crippen LogP contribution is -2.23. The van der Waals surface area contributed by atoms with Gasteiger partial charge in [-0.15, -0.1) is 0 Å². The molecule has 0 aliphatic carbocycles. The van der Waals surface area contributed by atoms with Crippen molar-refractivity contribution in [1.29, 1.82) is 0 Å². The number of rotatable bonds is 6. The standard InChI is InChI=1S/C14H19N3O/c1-17-13(7-9-16-17)11-15-14(8-10-18)12-5-3-2-4-6-12/h2-7,9,14-15,18H,8,10-11H2,1H3. The summed E-state index contributed by atoms with van der Waals surface area (Å²) in [5.41, 5.74) is 2.34. The molecular formula is C14H19N3O. The monoisotopic (exact) mass is 245 g/mol. The Hall–Kier alpha value is -1.65. The molecule has 0 saturated carbocycles. The van der Waals surface area contributed by atoms with Crippen LogP contribution in [-0.4, -0.2) is 21.5 Å². The molecule has 1 aromatic heterocycles. The first-order valence-electron chi connectivity index (χ1n) is 6.17. The van der Waals surface area contributed by atoms with Crippen molar-refractivity contribution >= 4 is 0 Å². The van der Waals surface area contributed by atoms with Crippen LogP contribution in [0.15, 0.2) is 42.6 Å². The summed E-state index contributed by atoms with van der Waals surface area (Å²) in [5, 5.41) is 16.8. The first kappa shape index (κ1) is 12.8. The van der Waals surface area contributed by atoms with Crippen molar-refractivity contribution in [3.8, 4) is 0 Å². The van der Waals surface area contributed by atoms with Gasteiger partial charge in [0.25, 0.3) is 0 Å². The van der Waals surface area contributed by atoms with E-state index in [1.54, 1.807) is 6.20 Å². The fourth-order valence-corrected chi connectivity index (χ4v) is 2.00. The molecule has 2 rings (SSSR count). The van der Waals surface area contributed by atoms with Crippen LogP contribution in [0, 0.1) is 0 Å². The van der Waals surface area contributed by atoms with Gasteiger partial charge in [0.2, 0.25) is 0 Å². The van der Waals surface area contributed by atoms with Crippen LogP contribution in [0.4, 0.5) is 0 Å². The van der Waals surface area contributed by atoms with E-state index in [9.17, 15) is 0 Å². The molecule has 0 bridgehead atoms. The highest BCUT2D eigenvalue weighted by Gasteiger charge is 2.10. The Morgan fingerprint density at radius 3 is 2.67 bits per heavy atom. The number of aryl methyl sites for hydroxylation is 1. The van der Waals surface area contributed by atoms with Crippen LogP contribution in [0.2, 0.25) is 0 Å². The third-order valence-corrected chi connectivity index (χ3v) is 3.07. The largest absolute Gasteiger partial charge is 0.396 e. The highest BCUT2D eigenvalue weighted by atomic mass is 16.3. The Bertz CT molecular complexity index is 467. The molecule has 96 valence electrons. The molecule has 0 radical (unpaired) electrons. The number of nitrogens with one attached hydrogen (secondary N) is 1. The van der Waals surface area contributed by atoms with Gasteiger partial charge in [-0.2, -0.15) is 5.10 Å². The second-order valence-electron chi connectivity index (χ2n) is 4.30. The highest BCUT2D eigenvalue weighted by Crippen LogP contribution is 2.16. The number of aliphatic hydroxyl groups excluding tert-OH is 1. The van der Waals surface area contributed by atoms with Crippen molar-refractivity contribution in [3.05, 3.63) is 53.9 Å². The minimum atomic E-state index is 0.172. The zero-order chi connectivity index (χ0) is 12.8. The number of aliphatic hydroxyl groups is 1. The van der Waals surface area contributed by atoms with E-state index in [1.807, 2.05) is 36.0 Å². The molecule has 18 heavy (non-hydrogen) atoms. The normalized spacial score (nSPS) is 12.6. The molecule has 0 saturated heterocycles. The molecule has 1 unspecified atom stereocenters. The molecule has 1 atom stereocenters. The average Bonchev–Trinajstić information content (AvgIpc) is 2.81. The van der Waals surface area contributed by atoms with E-state index >= 15 is 0 Å². The Balaban J connectivity index is 2.01. The van der Waals surface area contributed by atoms with E-state index < -0.39 is 0 Å². The summed E-state index contributed by atoms with van der Waals surface area (Å²) in [5.74, 6) is 0. The molecule has 1 aromatic carbocycles. The van der Waals surface area contributed by atoms with Gasteiger partial charge in [-0.1, -0.05) is 30.3 Å². The quantitative estimate of drug-likeness (QED) is 0.813. The SMILES string of the molecule is Cn1nccc1CNC(CCO)c1ccccc1. The number of aromatic nitrogens is 2. The van der Waals surface area contributed by atoms with E-state index in [0.29, 0.717) is 6.42 Å². The fraction of sp³-hybridized carbons (Fsp3) is 0.357. The van der Waals surface area contributed by atoms with Crippen LogP contribution in [0.5, 0.6) is 0 Å². The summed E-state index contributed by atoms with van der Waals surface area (Å²) >= 11 is 0. The lowest BCUT2D eigenvalue weighted by molar-refractivity contribution is 0.264. The molecule has 4 nitrogen and oxygen atoms in total. The van der Waals surface area contributed by atoms with Gasteiger partial charge in [0.05, 0.1) is 5.69 Å². The summed E-state index contributed by atoms with van der Waals surface area (Å²) in [6.45, 7) is 0.925. The molecule has 0 amide bonds. The Morgan fingerprint density at radius 2 is 2.06 bits per heavy atom. The second-order valence-corrected chi connectivity index (χ2v) is 4.30. The van der Waals surface area contributed by atoms with Gasteiger partial charge in [-0.3, -0.25) is 4.68 Å². The lowest BCUT2D eigenvalue weighted by atomic mass is 10.0. The van der Waals surface area contributed by atoms with Gasteiger partial charge in [0.1, 0.15) is 0 Å². The van der Waals surface area contributed by atoms with Crippen LogP contribution in [-0.2, 0) is 13.6 Å². The number of benzene rings is 1. The first-order valence-corrected chi connectivity index (χ1v) is 6.17. The van der Waals surface area contributed by atoms with Crippen molar-refractivity contribution in [3.63, 3.8) is 0 Å². The van der Waals surface area contributed by atoms with Crippen molar-refractivity contribution in [2.24, 2.45) is 7.05 Å². The molecule has 0 aliphatic heterocycles.